The van der Waals surface area contributed by atoms with Crippen molar-refractivity contribution in [1.82, 2.24) is 29.5 Å². The van der Waals surface area contributed by atoms with E-state index in [9.17, 15) is 9.00 Å². The van der Waals surface area contributed by atoms with E-state index in [0.717, 1.165) is 46.7 Å². The molecule has 10 heteroatoms. The minimum absolute atomic E-state index is 0.0879. The van der Waals surface area contributed by atoms with Gasteiger partial charge in [0.2, 0.25) is 0 Å². The van der Waals surface area contributed by atoms with Crippen molar-refractivity contribution in [2.45, 2.75) is 77.3 Å². The van der Waals surface area contributed by atoms with Crippen LogP contribution in [-0.2, 0) is 17.3 Å². The largest absolute Gasteiger partial charge is 0.361 e. The Hall–Kier alpha value is -3.53. The summed E-state index contributed by atoms with van der Waals surface area (Å²) in [5, 5.41) is 3.22. The summed E-state index contributed by atoms with van der Waals surface area (Å²) in [4.78, 5) is 37.9. The molecule has 1 unspecified atom stereocenters. The summed E-state index contributed by atoms with van der Waals surface area (Å²) >= 11 is 0. The molecule has 1 aliphatic rings. The number of rotatable bonds is 9. The SMILES string of the molecule is CC[C@H](C)n1c(=O)c(NCc2ccc(S(=O)CC)cc2)nc2c(C)nc(-c3c(C)ncnc3C3CC3)nc21. The Morgan fingerprint density at radius 2 is 1.79 bits per heavy atom. The van der Waals surface area contributed by atoms with E-state index in [1.54, 1.807) is 10.9 Å². The van der Waals surface area contributed by atoms with Crippen LogP contribution in [0.15, 0.2) is 40.3 Å². The number of fused-ring (bicyclic) bond motifs is 1. The van der Waals surface area contributed by atoms with Crippen molar-refractivity contribution in [1.29, 1.82) is 0 Å². The number of nitrogens with one attached hydrogen (secondary N) is 1. The number of hydrogen-bond donors (Lipinski definition) is 1. The molecule has 1 aliphatic carbocycles. The Morgan fingerprint density at radius 3 is 2.45 bits per heavy atom. The average Bonchev–Trinajstić information content (AvgIpc) is 3.77. The first-order valence-corrected chi connectivity index (χ1v) is 14.5. The van der Waals surface area contributed by atoms with E-state index >= 15 is 0 Å². The second kappa shape index (κ2) is 10.7. The highest BCUT2D eigenvalue weighted by Gasteiger charge is 2.30. The van der Waals surface area contributed by atoms with Gasteiger partial charge in [-0.3, -0.25) is 13.6 Å². The van der Waals surface area contributed by atoms with Crippen LogP contribution in [0.2, 0.25) is 0 Å². The molecule has 0 saturated heterocycles. The van der Waals surface area contributed by atoms with Crippen molar-refractivity contribution in [3.8, 4) is 11.4 Å². The number of aromatic nitrogens is 6. The van der Waals surface area contributed by atoms with Crippen LogP contribution in [0.5, 0.6) is 0 Å². The van der Waals surface area contributed by atoms with Gasteiger partial charge in [0.1, 0.15) is 11.8 Å². The molecule has 0 aliphatic heterocycles. The molecule has 9 nitrogen and oxygen atoms in total. The lowest BCUT2D eigenvalue weighted by molar-refractivity contribution is 0.526. The molecule has 38 heavy (non-hydrogen) atoms. The molecule has 3 aromatic heterocycles. The quantitative estimate of drug-likeness (QED) is 0.326. The number of hydrogen-bond acceptors (Lipinski definition) is 8. The van der Waals surface area contributed by atoms with Gasteiger partial charge in [-0.1, -0.05) is 26.0 Å². The molecule has 0 spiro atoms. The van der Waals surface area contributed by atoms with Gasteiger partial charge in [-0.15, -0.1) is 0 Å². The second-order valence-electron chi connectivity index (χ2n) is 9.82. The maximum Gasteiger partial charge on any atom is 0.295 e. The van der Waals surface area contributed by atoms with Crippen LogP contribution in [-0.4, -0.2) is 39.4 Å². The Morgan fingerprint density at radius 1 is 1.05 bits per heavy atom. The zero-order valence-corrected chi connectivity index (χ0v) is 23.3. The van der Waals surface area contributed by atoms with Crippen molar-refractivity contribution in [3.63, 3.8) is 0 Å². The first-order chi connectivity index (χ1) is 18.3. The van der Waals surface area contributed by atoms with E-state index in [1.165, 1.54) is 0 Å². The van der Waals surface area contributed by atoms with E-state index in [1.807, 2.05) is 58.9 Å². The summed E-state index contributed by atoms with van der Waals surface area (Å²) in [5.41, 5.74) is 5.23. The maximum absolute atomic E-state index is 13.7. The molecule has 1 fully saturated rings. The standard InChI is InChI=1S/C28H33N7O2S/c1-6-16(3)35-27-23(18(5)32-25(34-27)22-17(4)30-15-31-24(22)20-10-11-20)33-26(28(35)36)29-14-19-8-12-21(13-9-19)38(37)7-2/h8-9,12-13,15-16,20H,6-7,10-11,14H2,1-5H3,(H,29,33)/t16-,38?/m0/s1. The fourth-order valence-electron chi connectivity index (χ4n) is 4.59. The molecule has 5 rings (SSSR count). The van der Waals surface area contributed by atoms with Gasteiger partial charge in [-0.2, -0.15) is 0 Å². The Kier molecular flexibility index (Phi) is 7.34. The minimum atomic E-state index is -0.996. The molecule has 0 radical (unpaired) electrons. The lowest BCUT2D eigenvalue weighted by Crippen LogP contribution is -2.28. The van der Waals surface area contributed by atoms with Gasteiger partial charge in [-0.25, -0.2) is 24.9 Å². The lowest BCUT2D eigenvalue weighted by Gasteiger charge is -2.19. The van der Waals surface area contributed by atoms with Crippen LogP contribution in [0.25, 0.3) is 22.6 Å². The third-order valence-electron chi connectivity index (χ3n) is 7.11. The van der Waals surface area contributed by atoms with Crippen LogP contribution in [0, 0.1) is 13.8 Å². The van der Waals surface area contributed by atoms with E-state index in [-0.39, 0.29) is 17.4 Å². The van der Waals surface area contributed by atoms with Gasteiger partial charge in [0.05, 0.1) is 33.4 Å². The van der Waals surface area contributed by atoms with Gasteiger partial charge >= 0.3 is 0 Å². The van der Waals surface area contributed by atoms with Crippen molar-refractivity contribution >= 4 is 27.8 Å². The monoisotopic (exact) mass is 531 g/mol. The molecule has 198 valence electrons. The molecule has 0 amide bonds. The predicted octanol–water partition coefficient (Wildman–Crippen LogP) is 4.85. The predicted molar refractivity (Wildman–Crippen MR) is 150 cm³/mol. The van der Waals surface area contributed by atoms with Crippen LogP contribution >= 0.6 is 0 Å². The second-order valence-corrected chi connectivity index (χ2v) is 11.6. The van der Waals surface area contributed by atoms with E-state index in [2.05, 4.69) is 15.3 Å². The number of nitrogens with zero attached hydrogens (tertiary/aromatic N) is 6. The van der Waals surface area contributed by atoms with Gasteiger partial charge in [0, 0.05) is 29.2 Å². The maximum atomic E-state index is 13.7. The zero-order valence-electron chi connectivity index (χ0n) is 22.5. The minimum Gasteiger partial charge on any atom is -0.361 e. The molecule has 2 atom stereocenters. The average molecular weight is 532 g/mol. The number of benzene rings is 1. The summed E-state index contributed by atoms with van der Waals surface area (Å²) in [6.07, 6.45) is 4.56. The Balaban J connectivity index is 1.57. The van der Waals surface area contributed by atoms with Crippen molar-refractivity contribution in [3.05, 3.63) is 63.6 Å². The Bertz CT molecular complexity index is 1580. The summed E-state index contributed by atoms with van der Waals surface area (Å²) in [6, 6.07) is 7.49. The van der Waals surface area contributed by atoms with Gasteiger partial charge in [0.15, 0.2) is 17.3 Å². The van der Waals surface area contributed by atoms with E-state index in [4.69, 9.17) is 15.0 Å². The highest BCUT2D eigenvalue weighted by atomic mass is 32.2. The topological polar surface area (TPSA) is 116 Å². The normalized spacial score (nSPS) is 15.0. The van der Waals surface area contributed by atoms with E-state index in [0.29, 0.717) is 40.9 Å². The Labute approximate surface area is 224 Å². The molecule has 1 N–H and O–H groups in total. The third kappa shape index (κ3) is 4.97. The smallest absolute Gasteiger partial charge is 0.295 e. The number of aryl methyl sites for hydroxylation is 2. The zero-order chi connectivity index (χ0) is 27.0. The van der Waals surface area contributed by atoms with Crippen LogP contribution < -0.4 is 10.9 Å². The molecular weight excluding hydrogens is 498 g/mol. The molecule has 0 bridgehead atoms. The summed E-state index contributed by atoms with van der Waals surface area (Å²) < 4.78 is 13.8. The molecule has 3 heterocycles. The van der Waals surface area contributed by atoms with Gasteiger partial charge in [0.25, 0.3) is 5.56 Å². The first-order valence-electron chi connectivity index (χ1n) is 13.2. The van der Waals surface area contributed by atoms with Crippen molar-refractivity contribution in [2.24, 2.45) is 0 Å². The van der Waals surface area contributed by atoms with Crippen LogP contribution in [0.3, 0.4) is 0 Å². The molecule has 4 aromatic rings. The molecule has 1 aromatic carbocycles. The highest BCUT2D eigenvalue weighted by Crippen LogP contribution is 2.43. The fourth-order valence-corrected chi connectivity index (χ4v) is 5.36. The van der Waals surface area contributed by atoms with E-state index < -0.39 is 10.8 Å². The van der Waals surface area contributed by atoms with Gasteiger partial charge in [-0.05, 0) is 57.7 Å². The van der Waals surface area contributed by atoms with Gasteiger partial charge < -0.3 is 5.32 Å². The summed E-state index contributed by atoms with van der Waals surface area (Å²) in [5.74, 6) is 1.79. The summed E-state index contributed by atoms with van der Waals surface area (Å²) in [7, 11) is -0.996. The van der Waals surface area contributed by atoms with Crippen LogP contribution in [0.4, 0.5) is 5.82 Å². The summed E-state index contributed by atoms with van der Waals surface area (Å²) in [6.45, 7) is 10.2. The third-order valence-corrected chi connectivity index (χ3v) is 8.43. The first kappa shape index (κ1) is 26.1. The number of anilines is 1. The lowest BCUT2D eigenvalue weighted by atomic mass is 10.1. The molecular formula is C28H33N7O2S. The highest BCUT2D eigenvalue weighted by molar-refractivity contribution is 7.85. The molecule has 1 saturated carbocycles. The fraction of sp³-hybridized carbons (Fsp3) is 0.429. The van der Waals surface area contributed by atoms with Crippen molar-refractivity contribution in [2.75, 3.05) is 11.1 Å². The van der Waals surface area contributed by atoms with Crippen LogP contribution in [0.1, 0.15) is 74.6 Å². The van der Waals surface area contributed by atoms with Crippen molar-refractivity contribution < 1.29 is 4.21 Å².